The molecule has 0 fully saturated rings. The van der Waals surface area contributed by atoms with E-state index in [0.717, 1.165) is 31.0 Å². The van der Waals surface area contributed by atoms with Gasteiger partial charge in [0.25, 0.3) is 0 Å². The fourth-order valence-corrected chi connectivity index (χ4v) is 2.80. The molecule has 0 unspecified atom stereocenters. The molecule has 1 N–H and O–H groups in total. The number of imidazole rings is 1. The van der Waals surface area contributed by atoms with Crippen LogP contribution >= 0.6 is 11.8 Å². The molecular formula is C12H19N3OS. The third kappa shape index (κ3) is 3.03. The first kappa shape index (κ1) is 12.5. The Kier molecular flexibility index (Phi) is 4.10. The van der Waals surface area contributed by atoms with Crippen LogP contribution in [0, 0.1) is 5.92 Å². The van der Waals surface area contributed by atoms with Gasteiger partial charge in [0.2, 0.25) is 5.91 Å². The van der Waals surface area contributed by atoms with Gasteiger partial charge in [-0.25, -0.2) is 4.98 Å². The van der Waals surface area contributed by atoms with Crippen molar-refractivity contribution in [3.8, 4) is 0 Å². The topological polar surface area (TPSA) is 46.9 Å². The van der Waals surface area contributed by atoms with Gasteiger partial charge in [0, 0.05) is 43.1 Å². The van der Waals surface area contributed by atoms with Crippen LogP contribution in [0.3, 0.4) is 0 Å². The molecule has 1 amide bonds. The van der Waals surface area contributed by atoms with Gasteiger partial charge in [-0.1, -0.05) is 6.92 Å². The molecule has 17 heavy (non-hydrogen) atoms. The molecule has 2 atom stereocenters. The van der Waals surface area contributed by atoms with E-state index in [2.05, 4.69) is 14.9 Å². The van der Waals surface area contributed by atoms with Gasteiger partial charge in [-0.05, 0) is 12.7 Å². The number of carbonyl (C=O) groups excluding carboxylic acids is 1. The highest BCUT2D eigenvalue weighted by Gasteiger charge is 2.22. The maximum Gasteiger partial charge on any atom is 0.223 e. The van der Waals surface area contributed by atoms with Gasteiger partial charge in [-0.3, -0.25) is 4.79 Å². The summed E-state index contributed by atoms with van der Waals surface area (Å²) in [6, 6.07) is 0.258. The molecule has 0 saturated heterocycles. The number of aryl methyl sites for hydroxylation is 1. The summed E-state index contributed by atoms with van der Waals surface area (Å²) < 4.78 is 2.13. The SMILES string of the molecule is CSC[C@H](C)C(=O)N[C@@H]1CCc2nccn2C1. The summed E-state index contributed by atoms with van der Waals surface area (Å²) >= 11 is 1.71. The third-order valence-electron chi connectivity index (χ3n) is 3.15. The van der Waals surface area contributed by atoms with E-state index in [4.69, 9.17) is 0 Å². The van der Waals surface area contributed by atoms with E-state index < -0.39 is 0 Å². The first-order valence-corrected chi connectivity index (χ1v) is 7.39. The first-order valence-electron chi connectivity index (χ1n) is 6.00. The van der Waals surface area contributed by atoms with Crippen LogP contribution in [0.5, 0.6) is 0 Å². The summed E-state index contributed by atoms with van der Waals surface area (Å²) in [7, 11) is 0. The highest BCUT2D eigenvalue weighted by Crippen LogP contribution is 2.14. The molecule has 1 aromatic heterocycles. The first-order chi connectivity index (χ1) is 8.20. The van der Waals surface area contributed by atoms with Crippen molar-refractivity contribution in [3.05, 3.63) is 18.2 Å². The summed E-state index contributed by atoms with van der Waals surface area (Å²) in [6.07, 6.45) is 7.79. The Morgan fingerprint density at radius 1 is 1.76 bits per heavy atom. The van der Waals surface area contributed by atoms with Crippen LogP contribution in [0.25, 0.3) is 0 Å². The molecule has 94 valence electrons. The van der Waals surface area contributed by atoms with E-state index in [1.807, 2.05) is 25.6 Å². The third-order valence-corrected chi connectivity index (χ3v) is 3.98. The van der Waals surface area contributed by atoms with Crippen LogP contribution in [0.15, 0.2) is 12.4 Å². The summed E-state index contributed by atoms with van der Waals surface area (Å²) in [5.74, 6) is 2.28. The molecule has 0 aromatic carbocycles. The van der Waals surface area contributed by atoms with Gasteiger partial charge >= 0.3 is 0 Å². The van der Waals surface area contributed by atoms with Gasteiger partial charge < -0.3 is 9.88 Å². The lowest BCUT2D eigenvalue weighted by Gasteiger charge is -2.25. The molecule has 2 heterocycles. The van der Waals surface area contributed by atoms with Gasteiger partial charge in [0.15, 0.2) is 0 Å². The predicted octanol–water partition coefficient (Wildman–Crippen LogP) is 1.31. The van der Waals surface area contributed by atoms with Crippen LogP contribution < -0.4 is 5.32 Å². The van der Waals surface area contributed by atoms with Crippen molar-refractivity contribution in [1.29, 1.82) is 0 Å². The van der Waals surface area contributed by atoms with E-state index in [0.29, 0.717) is 0 Å². The van der Waals surface area contributed by atoms with Crippen LogP contribution in [0.4, 0.5) is 0 Å². The normalized spacial score (nSPS) is 20.7. The molecule has 0 saturated carbocycles. The second-order valence-electron chi connectivity index (χ2n) is 4.60. The smallest absolute Gasteiger partial charge is 0.223 e. The average molecular weight is 253 g/mol. The van der Waals surface area contributed by atoms with Crippen molar-refractivity contribution in [2.75, 3.05) is 12.0 Å². The molecule has 0 bridgehead atoms. The Bertz CT molecular complexity index is 391. The minimum Gasteiger partial charge on any atom is -0.351 e. The fraction of sp³-hybridized carbons (Fsp3) is 0.667. The molecular weight excluding hydrogens is 234 g/mol. The maximum atomic E-state index is 11.9. The van der Waals surface area contributed by atoms with Crippen molar-refractivity contribution >= 4 is 17.7 Å². The molecule has 0 aliphatic carbocycles. The number of aromatic nitrogens is 2. The Hall–Kier alpha value is -0.970. The molecule has 2 rings (SSSR count). The maximum absolute atomic E-state index is 11.9. The number of nitrogens with zero attached hydrogens (tertiary/aromatic N) is 2. The van der Waals surface area contributed by atoms with Gasteiger partial charge in [-0.2, -0.15) is 11.8 Å². The second kappa shape index (κ2) is 5.58. The lowest BCUT2D eigenvalue weighted by Crippen LogP contribution is -2.43. The van der Waals surface area contributed by atoms with Crippen LogP contribution in [-0.2, 0) is 17.8 Å². The van der Waals surface area contributed by atoms with E-state index >= 15 is 0 Å². The molecule has 5 heteroatoms. The number of hydrogen-bond donors (Lipinski definition) is 1. The Morgan fingerprint density at radius 2 is 2.59 bits per heavy atom. The van der Waals surface area contributed by atoms with E-state index in [9.17, 15) is 4.79 Å². The van der Waals surface area contributed by atoms with E-state index in [-0.39, 0.29) is 17.9 Å². The largest absolute Gasteiger partial charge is 0.351 e. The fourth-order valence-electron chi connectivity index (χ4n) is 2.15. The van der Waals surface area contributed by atoms with Crippen molar-refractivity contribution < 1.29 is 4.79 Å². The highest BCUT2D eigenvalue weighted by molar-refractivity contribution is 7.98. The summed E-state index contributed by atoms with van der Waals surface area (Å²) in [4.78, 5) is 16.2. The van der Waals surface area contributed by atoms with Crippen LogP contribution in [0.1, 0.15) is 19.2 Å². The molecule has 1 aromatic rings. The van der Waals surface area contributed by atoms with Crippen molar-refractivity contribution in [1.82, 2.24) is 14.9 Å². The van der Waals surface area contributed by atoms with E-state index in [1.165, 1.54) is 0 Å². The zero-order chi connectivity index (χ0) is 12.3. The molecule has 4 nitrogen and oxygen atoms in total. The molecule has 0 spiro atoms. The Labute approximate surface area is 106 Å². The minimum atomic E-state index is 0.0918. The Morgan fingerprint density at radius 3 is 3.35 bits per heavy atom. The summed E-state index contributed by atoms with van der Waals surface area (Å²) in [5, 5.41) is 3.13. The number of thioether (sulfide) groups is 1. The molecule has 1 aliphatic heterocycles. The van der Waals surface area contributed by atoms with Gasteiger partial charge in [0.05, 0.1) is 0 Å². The van der Waals surface area contributed by atoms with Crippen molar-refractivity contribution in [3.63, 3.8) is 0 Å². The lowest BCUT2D eigenvalue weighted by atomic mass is 10.1. The standard InChI is InChI=1S/C12H19N3OS/c1-9(8-17-2)12(16)14-10-3-4-11-13-5-6-15(11)7-10/h5-6,9-10H,3-4,7-8H2,1-2H3,(H,14,16)/t9-,10+/m0/s1. The number of nitrogens with one attached hydrogen (secondary N) is 1. The Balaban J connectivity index is 1.87. The zero-order valence-corrected chi connectivity index (χ0v) is 11.2. The quantitative estimate of drug-likeness (QED) is 0.880. The highest BCUT2D eigenvalue weighted by atomic mass is 32.2. The predicted molar refractivity (Wildman–Crippen MR) is 70.0 cm³/mol. The van der Waals surface area contributed by atoms with Gasteiger partial charge in [0.1, 0.15) is 5.82 Å². The molecule has 0 radical (unpaired) electrons. The second-order valence-corrected chi connectivity index (χ2v) is 5.51. The van der Waals surface area contributed by atoms with Gasteiger partial charge in [-0.15, -0.1) is 0 Å². The van der Waals surface area contributed by atoms with Crippen LogP contribution in [0.2, 0.25) is 0 Å². The summed E-state index contributed by atoms with van der Waals surface area (Å²) in [5.41, 5.74) is 0. The number of amides is 1. The number of hydrogen-bond acceptors (Lipinski definition) is 3. The number of rotatable bonds is 4. The average Bonchev–Trinajstić information content (AvgIpc) is 2.76. The lowest BCUT2D eigenvalue weighted by molar-refractivity contribution is -0.124. The van der Waals surface area contributed by atoms with E-state index in [1.54, 1.807) is 11.8 Å². The van der Waals surface area contributed by atoms with Crippen LogP contribution in [-0.4, -0.2) is 33.5 Å². The number of carbonyl (C=O) groups is 1. The minimum absolute atomic E-state index is 0.0918. The molecule has 1 aliphatic rings. The monoisotopic (exact) mass is 253 g/mol. The number of fused-ring (bicyclic) bond motifs is 1. The zero-order valence-electron chi connectivity index (χ0n) is 10.3. The van der Waals surface area contributed by atoms with Crippen molar-refractivity contribution in [2.24, 2.45) is 5.92 Å². The summed E-state index contributed by atoms with van der Waals surface area (Å²) in [6.45, 7) is 2.84. The van der Waals surface area contributed by atoms with Crippen molar-refractivity contribution in [2.45, 2.75) is 32.4 Å².